The first-order valence-electron chi connectivity index (χ1n) is 6.23. The van der Waals surface area contributed by atoms with Crippen LogP contribution in [0.1, 0.15) is 26.3 Å². The Hall–Kier alpha value is -1.56. The maximum absolute atomic E-state index is 2.32. The van der Waals surface area contributed by atoms with E-state index in [0.29, 0.717) is 5.92 Å². The largest absolute Gasteiger partial charge is 0.0810 e. The van der Waals surface area contributed by atoms with Gasteiger partial charge in [-0.2, -0.15) is 0 Å². The van der Waals surface area contributed by atoms with Crippen LogP contribution in [0.25, 0.3) is 5.57 Å². The zero-order chi connectivity index (χ0) is 12.3. The molecule has 1 aliphatic rings. The molecule has 0 N–H and O–H groups in total. The van der Waals surface area contributed by atoms with E-state index in [1.165, 1.54) is 11.1 Å². The molecule has 0 saturated heterocycles. The van der Waals surface area contributed by atoms with Gasteiger partial charge in [-0.1, -0.05) is 81.5 Å². The van der Waals surface area contributed by atoms with E-state index in [-0.39, 0.29) is 5.41 Å². The van der Waals surface area contributed by atoms with Crippen molar-refractivity contribution in [1.29, 1.82) is 0 Å². The van der Waals surface area contributed by atoms with Crippen LogP contribution in [0.2, 0.25) is 0 Å². The summed E-state index contributed by atoms with van der Waals surface area (Å²) in [4.78, 5) is 0. The lowest BCUT2D eigenvalue weighted by Gasteiger charge is -2.18. The van der Waals surface area contributed by atoms with Crippen molar-refractivity contribution < 1.29 is 0 Å². The summed E-state index contributed by atoms with van der Waals surface area (Å²) in [7, 11) is 0. The van der Waals surface area contributed by atoms with Gasteiger partial charge >= 0.3 is 0 Å². The van der Waals surface area contributed by atoms with Crippen LogP contribution in [0.3, 0.4) is 0 Å². The van der Waals surface area contributed by atoms with Crippen molar-refractivity contribution in [2.45, 2.75) is 20.8 Å². The van der Waals surface area contributed by atoms with Gasteiger partial charge in [0.05, 0.1) is 0 Å². The molecule has 0 nitrogen and oxygen atoms in total. The van der Waals surface area contributed by atoms with Gasteiger partial charge in [0.25, 0.3) is 0 Å². The van der Waals surface area contributed by atoms with Gasteiger partial charge in [-0.25, -0.2) is 0 Å². The van der Waals surface area contributed by atoms with E-state index in [0.717, 1.165) is 0 Å². The summed E-state index contributed by atoms with van der Waals surface area (Å²) in [5.41, 5.74) is 2.75. The first-order valence-corrected chi connectivity index (χ1v) is 6.23. The highest BCUT2D eigenvalue weighted by molar-refractivity contribution is 5.74. The molecular weight excluding hydrogens is 204 g/mol. The van der Waals surface area contributed by atoms with Gasteiger partial charge in [0.15, 0.2) is 0 Å². The Balaban J connectivity index is 2.41. The number of rotatable bonds is 1. The Morgan fingerprint density at radius 1 is 1.00 bits per heavy atom. The maximum Gasteiger partial charge on any atom is 0.000795 e. The van der Waals surface area contributed by atoms with Gasteiger partial charge in [0.2, 0.25) is 0 Å². The predicted molar refractivity (Wildman–Crippen MR) is 75.6 cm³/mol. The zero-order valence-electron chi connectivity index (χ0n) is 10.9. The molecule has 0 heteroatoms. The van der Waals surface area contributed by atoms with Gasteiger partial charge in [-0.15, -0.1) is 0 Å². The molecule has 1 unspecified atom stereocenters. The molecule has 0 bridgehead atoms. The Morgan fingerprint density at radius 3 is 2.41 bits per heavy atom. The third kappa shape index (κ3) is 3.20. The monoisotopic (exact) mass is 224 g/mol. The highest BCUT2D eigenvalue weighted by Crippen LogP contribution is 2.27. The molecule has 0 amide bonds. The van der Waals surface area contributed by atoms with Crippen LogP contribution in [-0.2, 0) is 0 Å². The maximum atomic E-state index is 2.32. The van der Waals surface area contributed by atoms with E-state index < -0.39 is 0 Å². The molecule has 17 heavy (non-hydrogen) atoms. The van der Waals surface area contributed by atoms with Crippen LogP contribution in [0.4, 0.5) is 0 Å². The minimum atomic E-state index is 0.141. The molecule has 1 aromatic rings. The van der Waals surface area contributed by atoms with Crippen molar-refractivity contribution in [3.63, 3.8) is 0 Å². The molecule has 88 valence electrons. The molecule has 1 aliphatic carbocycles. The van der Waals surface area contributed by atoms with E-state index >= 15 is 0 Å². The third-order valence-electron chi connectivity index (χ3n) is 3.07. The first kappa shape index (κ1) is 11.9. The fourth-order valence-corrected chi connectivity index (χ4v) is 1.98. The summed E-state index contributed by atoms with van der Waals surface area (Å²) in [6.07, 6.45) is 11.4. The van der Waals surface area contributed by atoms with Gasteiger partial charge in [0.1, 0.15) is 0 Å². The Bertz CT molecular complexity index is 458. The van der Waals surface area contributed by atoms with Crippen LogP contribution in [0, 0.1) is 11.3 Å². The fourth-order valence-electron chi connectivity index (χ4n) is 1.98. The lowest BCUT2D eigenvalue weighted by atomic mass is 9.87. The SMILES string of the molecule is CC1/C=C\C(C)(C)/C=C\C(c2ccccc2)=C/1. The molecule has 1 atom stereocenters. The summed E-state index contributed by atoms with van der Waals surface area (Å²) in [6.45, 7) is 6.70. The van der Waals surface area contributed by atoms with Gasteiger partial charge < -0.3 is 0 Å². The normalized spacial score (nSPS) is 29.6. The molecule has 0 spiro atoms. The average Bonchev–Trinajstić information content (AvgIpc) is 2.32. The molecule has 0 fully saturated rings. The number of hydrogen-bond acceptors (Lipinski definition) is 0. The Morgan fingerprint density at radius 2 is 1.71 bits per heavy atom. The molecule has 1 aromatic carbocycles. The zero-order valence-corrected chi connectivity index (χ0v) is 10.9. The first-order chi connectivity index (χ1) is 8.07. The average molecular weight is 224 g/mol. The van der Waals surface area contributed by atoms with Crippen LogP contribution in [0.15, 0.2) is 60.7 Å². The van der Waals surface area contributed by atoms with Crippen molar-refractivity contribution in [2.24, 2.45) is 11.3 Å². The number of allylic oxidation sites excluding steroid dienone is 6. The second-order valence-corrected chi connectivity index (χ2v) is 5.36. The fraction of sp³-hybridized carbons (Fsp3) is 0.294. The summed E-state index contributed by atoms with van der Waals surface area (Å²) >= 11 is 0. The quantitative estimate of drug-likeness (QED) is 0.598. The van der Waals surface area contributed by atoms with E-state index in [9.17, 15) is 0 Å². The van der Waals surface area contributed by atoms with Crippen LogP contribution in [-0.4, -0.2) is 0 Å². The minimum absolute atomic E-state index is 0.141. The molecule has 0 aromatic heterocycles. The molecule has 0 saturated carbocycles. The lowest BCUT2D eigenvalue weighted by molar-refractivity contribution is 0.619. The Labute approximate surface area is 104 Å². The summed E-state index contributed by atoms with van der Waals surface area (Å²) < 4.78 is 0. The summed E-state index contributed by atoms with van der Waals surface area (Å²) in [5, 5.41) is 0. The van der Waals surface area contributed by atoms with E-state index in [4.69, 9.17) is 0 Å². The smallest absolute Gasteiger partial charge is 0.000795 e. The standard InChI is InChI=1S/C17H20/c1-14-9-11-17(2,3)12-10-16(13-14)15-7-5-4-6-8-15/h4-14H,1-3H3/b11-9-,12-10-,16-13+. The van der Waals surface area contributed by atoms with Crippen molar-refractivity contribution in [2.75, 3.05) is 0 Å². The second-order valence-electron chi connectivity index (χ2n) is 5.36. The van der Waals surface area contributed by atoms with Crippen LogP contribution in [0.5, 0.6) is 0 Å². The second kappa shape index (κ2) is 4.75. The summed E-state index contributed by atoms with van der Waals surface area (Å²) in [6, 6.07) is 10.6. The van der Waals surface area contributed by atoms with Crippen molar-refractivity contribution in [3.8, 4) is 0 Å². The molecule has 0 aliphatic heterocycles. The number of benzene rings is 1. The van der Waals surface area contributed by atoms with Gasteiger partial charge in [-0.3, -0.25) is 0 Å². The Kier molecular flexibility index (Phi) is 3.33. The third-order valence-corrected chi connectivity index (χ3v) is 3.07. The lowest BCUT2D eigenvalue weighted by Crippen LogP contribution is -2.05. The number of hydrogen-bond donors (Lipinski definition) is 0. The van der Waals surface area contributed by atoms with Crippen molar-refractivity contribution >= 4 is 5.57 Å². The molecule has 0 heterocycles. The topological polar surface area (TPSA) is 0 Å². The highest BCUT2D eigenvalue weighted by atomic mass is 14.2. The van der Waals surface area contributed by atoms with Crippen molar-refractivity contribution in [3.05, 3.63) is 66.3 Å². The van der Waals surface area contributed by atoms with Crippen LogP contribution >= 0.6 is 0 Å². The predicted octanol–water partition coefficient (Wildman–Crippen LogP) is 4.86. The van der Waals surface area contributed by atoms with E-state index in [1.54, 1.807) is 0 Å². The molecule has 2 rings (SSSR count). The van der Waals surface area contributed by atoms with Gasteiger partial charge in [0, 0.05) is 5.41 Å². The van der Waals surface area contributed by atoms with Crippen LogP contribution < -0.4 is 0 Å². The van der Waals surface area contributed by atoms with Gasteiger partial charge in [-0.05, 0) is 17.1 Å². The van der Waals surface area contributed by atoms with Crippen molar-refractivity contribution in [1.82, 2.24) is 0 Å². The summed E-state index contributed by atoms with van der Waals surface area (Å²) in [5.74, 6) is 0.481. The molecule has 0 radical (unpaired) electrons. The minimum Gasteiger partial charge on any atom is -0.0810 e. The molecular formula is C17H20. The van der Waals surface area contributed by atoms with E-state index in [2.05, 4.69) is 81.5 Å². The van der Waals surface area contributed by atoms with E-state index in [1.807, 2.05) is 0 Å². The highest BCUT2D eigenvalue weighted by Gasteiger charge is 2.12.